The maximum absolute atomic E-state index is 12.4. The number of nitrogens with zero attached hydrogens (tertiary/aromatic N) is 1. The maximum atomic E-state index is 12.4. The normalized spacial score (nSPS) is 17.9. The van der Waals surface area contributed by atoms with Crippen LogP contribution < -0.4 is 11.1 Å². The molecule has 0 aliphatic heterocycles. The van der Waals surface area contributed by atoms with E-state index in [2.05, 4.69) is 17.1 Å². The summed E-state index contributed by atoms with van der Waals surface area (Å²) in [6, 6.07) is 8.00. The van der Waals surface area contributed by atoms with Crippen molar-refractivity contribution >= 4 is 11.6 Å². The number of benzene rings is 1. The van der Waals surface area contributed by atoms with Crippen LogP contribution in [-0.4, -0.2) is 29.9 Å². The number of para-hydroxylation sites is 1. The van der Waals surface area contributed by atoms with E-state index in [1.165, 1.54) is 12.8 Å². The highest BCUT2D eigenvalue weighted by Gasteiger charge is 2.33. The third-order valence-electron chi connectivity index (χ3n) is 4.43. The molecule has 1 amide bonds. The van der Waals surface area contributed by atoms with Gasteiger partial charge in [-0.25, -0.2) is 0 Å². The Balaban J connectivity index is 1.99. The summed E-state index contributed by atoms with van der Waals surface area (Å²) >= 11 is 0. The summed E-state index contributed by atoms with van der Waals surface area (Å²) in [4.78, 5) is 14.5. The van der Waals surface area contributed by atoms with Gasteiger partial charge in [-0.2, -0.15) is 0 Å². The Morgan fingerprint density at radius 2 is 2.05 bits per heavy atom. The Labute approximate surface area is 121 Å². The standard InChI is InChI=1S/C16H25N3O/c1-11(13-8-9-13)19(3)12(2)16(20)18-15-7-5-4-6-14(15)10-17/h4-7,11-13H,8-10,17H2,1-3H3,(H,18,20). The fourth-order valence-electron chi connectivity index (χ4n) is 2.51. The third-order valence-corrected chi connectivity index (χ3v) is 4.43. The summed E-state index contributed by atoms with van der Waals surface area (Å²) in [6.45, 7) is 4.59. The molecule has 3 N–H and O–H groups in total. The molecule has 0 radical (unpaired) electrons. The van der Waals surface area contributed by atoms with Gasteiger partial charge in [0.05, 0.1) is 6.04 Å². The Morgan fingerprint density at radius 3 is 2.65 bits per heavy atom. The number of likely N-dealkylation sites (N-methyl/N-ethyl adjacent to an activating group) is 1. The number of nitrogens with two attached hydrogens (primary N) is 1. The number of nitrogens with one attached hydrogen (secondary N) is 1. The van der Waals surface area contributed by atoms with Crippen molar-refractivity contribution in [2.45, 2.75) is 45.3 Å². The molecule has 1 aliphatic rings. The van der Waals surface area contributed by atoms with Crippen LogP contribution in [0.3, 0.4) is 0 Å². The molecule has 0 saturated heterocycles. The zero-order chi connectivity index (χ0) is 14.7. The predicted octanol–water partition coefficient (Wildman–Crippen LogP) is 2.20. The lowest BCUT2D eigenvalue weighted by molar-refractivity contribution is -0.121. The molecule has 20 heavy (non-hydrogen) atoms. The molecule has 4 heteroatoms. The van der Waals surface area contributed by atoms with Crippen LogP contribution in [0, 0.1) is 5.92 Å². The molecule has 2 unspecified atom stereocenters. The van der Waals surface area contributed by atoms with Gasteiger partial charge in [0.15, 0.2) is 0 Å². The van der Waals surface area contributed by atoms with Crippen molar-refractivity contribution in [3.8, 4) is 0 Å². The summed E-state index contributed by atoms with van der Waals surface area (Å²) < 4.78 is 0. The van der Waals surface area contributed by atoms with E-state index in [9.17, 15) is 4.79 Å². The second-order valence-electron chi connectivity index (χ2n) is 5.77. The Bertz CT molecular complexity index is 471. The zero-order valence-corrected chi connectivity index (χ0v) is 12.6. The van der Waals surface area contributed by atoms with E-state index in [0.29, 0.717) is 12.6 Å². The van der Waals surface area contributed by atoms with Crippen molar-refractivity contribution in [3.63, 3.8) is 0 Å². The molecular formula is C16H25N3O. The first kappa shape index (κ1) is 15.0. The number of hydrogen-bond acceptors (Lipinski definition) is 3. The maximum Gasteiger partial charge on any atom is 0.241 e. The minimum Gasteiger partial charge on any atom is -0.326 e. The van der Waals surface area contributed by atoms with Gasteiger partial charge in [0.2, 0.25) is 5.91 Å². The van der Waals surface area contributed by atoms with Gasteiger partial charge in [-0.15, -0.1) is 0 Å². The van der Waals surface area contributed by atoms with Crippen molar-refractivity contribution in [2.24, 2.45) is 11.7 Å². The molecule has 110 valence electrons. The van der Waals surface area contributed by atoms with Gasteiger partial charge >= 0.3 is 0 Å². The van der Waals surface area contributed by atoms with Crippen molar-refractivity contribution in [2.75, 3.05) is 12.4 Å². The molecule has 1 aromatic rings. The van der Waals surface area contributed by atoms with Crippen molar-refractivity contribution in [1.29, 1.82) is 0 Å². The second-order valence-corrected chi connectivity index (χ2v) is 5.77. The molecule has 0 aromatic heterocycles. The molecule has 2 rings (SSSR count). The fraction of sp³-hybridized carbons (Fsp3) is 0.562. The van der Waals surface area contributed by atoms with E-state index < -0.39 is 0 Å². The smallest absolute Gasteiger partial charge is 0.241 e. The molecule has 1 aromatic carbocycles. The van der Waals surface area contributed by atoms with Gasteiger partial charge < -0.3 is 11.1 Å². The van der Waals surface area contributed by atoms with E-state index >= 15 is 0 Å². The van der Waals surface area contributed by atoms with Gasteiger partial charge in [0.25, 0.3) is 0 Å². The van der Waals surface area contributed by atoms with Crippen molar-refractivity contribution in [1.82, 2.24) is 4.90 Å². The van der Waals surface area contributed by atoms with Crippen LogP contribution in [0.4, 0.5) is 5.69 Å². The molecule has 1 fully saturated rings. The topological polar surface area (TPSA) is 58.4 Å². The monoisotopic (exact) mass is 275 g/mol. The molecule has 0 heterocycles. The molecule has 1 saturated carbocycles. The number of rotatable bonds is 6. The van der Waals surface area contributed by atoms with Crippen LogP contribution in [0.25, 0.3) is 0 Å². The second kappa shape index (κ2) is 6.37. The largest absolute Gasteiger partial charge is 0.326 e. The quantitative estimate of drug-likeness (QED) is 0.837. The Morgan fingerprint density at radius 1 is 1.40 bits per heavy atom. The van der Waals surface area contributed by atoms with Gasteiger partial charge in [-0.1, -0.05) is 18.2 Å². The van der Waals surface area contributed by atoms with Crippen molar-refractivity contribution < 1.29 is 4.79 Å². The first-order valence-electron chi connectivity index (χ1n) is 7.35. The molecule has 0 bridgehead atoms. The van der Waals surface area contributed by atoms with Crippen LogP contribution in [0.1, 0.15) is 32.3 Å². The number of hydrogen-bond donors (Lipinski definition) is 2. The number of carbonyl (C=O) groups is 1. The average Bonchev–Trinajstić information content (AvgIpc) is 3.30. The number of amides is 1. The van der Waals surface area contributed by atoms with Crippen LogP contribution in [0.5, 0.6) is 0 Å². The highest BCUT2D eigenvalue weighted by molar-refractivity contribution is 5.95. The Kier molecular flexibility index (Phi) is 4.78. The molecule has 1 aliphatic carbocycles. The molecule has 2 atom stereocenters. The summed E-state index contributed by atoms with van der Waals surface area (Å²) in [5, 5.41) is 3.00. The fourth-order valence-corrected chi connectivity index (χ4v) is 2.51. The van der Waals surface area contributed by atoms with Gasteiger partial charge in [0, 0.05) is 18.3 Å². The lowest BCUT2D eigenvalue weighted by Gasteiger charge is -2.30. The first-order chi connectivity index (χ1) is 9.54. The lowest BCUT2D eigenvalue weighted by atomic mass is 10.1. The third kappa shape index (κ3) is 3.38. The van der Waals surface area contributed by atoms with E-state index in [4.69, 9.17) is 5.73 Å². The summed E-state index contributed by atoms with van der Waals surface area (Å²) in [6.07, 6.45) is 2.58. The van der Waals surface area contributed by atoms with Crippen LogP contribution in [-0.2, 0) is 11.3 Å². The SMILES string of the molecule is CC(C(=O)Nc1ccccc1CN)N(C)C(C)C1CC1. The zero-order valence-electron chi connectivity index (χ0n) is 12.6. The summed E-state index contributed by atoms with van der Waals surface area (Å²) in [5.41, 5.74) is 7.48. The lowest BCUT2D eigenvalue weighted by Crippen LogP contribution is -2.45. The minimum atomic E-state index is -0.142. The molecule has 4 nitrogen and oxygen atoms in total. The van der Waals surface area contributed by atoms with Gasteiger partial charge in [-0.3, -0.25) is 9.69 Å². The van der Waals surface area contributed by atoms with E-state index in [1.54, 1.807) is 0 Å². The number of carbonyl (C=O) groups excluding carboxylic acids is 1. The molecule has 0 spiro atoms. The van der Waals surface area contributed by atoms with Crippen LogP contribution in [0.2, 0.25) is 0 Å². The predicted molar refractivity (Wildman–Crippen MR) is 82.4 cm³/mol. The highest BCUT2D eigenvalue weighted by Crippen LogP contribution is 2.35. The van der Waals surface area contributed by atoms with Gasteiger partial charge in [0.1, 0.15) is 0 Å². The van der Waals surface area contributed by atoms with E-state index in [-0.39, 0.29) is 11.9 Å². The Hall–Kier alpha value is -1.39. The highest BCUT2D eigenvalue weighted by atomic mass is 16.2. The molecular weight excluding hydrogens is 250 g/mol. The summed E-state index contributed by atoms with van der Waals surface area (Å²) in [7, 11) is 2.03. The first-order valence-corrected chi connectivity index (χ1v) is 7.35. The number of anilines is 1. The van der Waals surface area contributed by atoms with Crippen LogP contribution in [0.15, 0.2) is 24.3 Å². The van der Waals surface area contributed by atoms with Gasteiger partial charge in [-0.05, 0) is 51.3 Å². The minimum absolute atomic E-state index is 0.0286. The van der Waals surface area contributed by atoms with E-state index in [0.717, 1.165) is 17.2 Å². The van der Waals surface area contributed by atoms with Crippen LogP contribution >= 0.6 is 0 Å². The average molecular weight is 275 g/mol. The van der Waals surface area contributed by atoms with E-state index in [1.807, 2.05) is 38.2 Å². The summed E-state index contributed by atoms with van der Waals surface area (Å²) in [5.74, 6) is 0.785. The van der Waals surface area contributed by atoms with Crippen molar-refractivity contribution in [3.05, 3.63) is 29.8 Å².